The molecule has 114 valence electrons. The fourth-order valence-corrected chi connectivity index (χ4v) is 2.95. The number of anilines is 2. The van der Waals surface area contributed by atoms with Crippen LogP contribution in [0.25, 0.3) is 0 Å². The van der Waals surface area contributed by atoms with Crippen molar-refractivity contribution in [1.29, 1.82) is 0 Å². The van der Waals surface area contributed by atoms with Crippen LogP contribution in [0.2, 0.25) is 0 Å². The fraction of sp³-hybridized carbons (Fsp3) is 0.600. The van der Waals surface area contributed by atoms with E-state index >= 15 is 0 Å². The zero-order chi connectivity index (χ0) is 15.3. The van der Waals surface area contributed by atoms with Crippen molar-refractivity contribution in [2.45, 2.75) is 26.4 Å². The molecule has 2 aliphatic rings. The van der Waals surface area contributed by atoms with E-state index < -0.39 is 5.60 Å². The molecular formula is C15H22N4O2. The fourth-order valence-electron chi connectivity index (χ4n) is 2.95. The van der Waals surface area contributed by atoms with Crippen LogP contribution in [0.4, 0.5) is 16.3 Å². The van der Waals surface area contributed by atoms with Gasteiger partial charge in [-0.1, -0.05) is 0 Å². The molecule has 1 spiro atoms. The minimum absolute atomic E-state index is 0.208. The third-order valence-corrected chi connectivity index (χ3v) is 3.89. The molecule has 1 aromatic heterocycles. The van der Waals surface area contributed by atoms with E-state index in [2.05, 4.69) is 9.88 Å². The second-order valence-electron chi connectivity index (χ2n) is 7.13. The largest absolute Gasteiger partial charge is 0.444 e. The summed E-state index contributed by atoms with van der Waals surface area (Å²) in [6, 6.07) is 3.80. The summed E-state index contributed by atoms with van der Waals surface area (Å²) in [7, 11) is 0. The average molecular weight is 290 g/mol. The summed E-state index contributed by atoms with van der Waals surface area (Å²) >= 11 is 0. The number of carbonyl (C=O) groups excluding carboxylic acids is 1. The number of carbonyl (C=O) groups is 1. The Labute approximate surface area is 124 Å². The Hall–Kier alpha value is -1.98. The standard InChI is InChI=1S/C15H22N4O2/c1-14(2,3)21-13(20)19-9-15(10-19)7-18(8-15)11-4-5-12(16)17-6-11/h4-6H,7-10H2,1-3H3,(H2,16,17). The van der Waals surface area contributed by atoms with Gasteiger partial charge in [-0.15, -0.1) is 0 Å². The molecule has 3 rings (SSSR count). The molecule has 21 heavy (non-hydrogen) atoms. The highest BCUT2D eigenvalue weighted by Gasteiger charge is 2.54. The molecule has 3 heterocycles. The van der Waals surface area contributed by atoms with E-state index in [-0.39, 0.29) is 11.5 Å². The molecule has 0 aliphatic carbocycles. The molecule has 0 bridgehead atoms. The summed E-state index contributed by atoms with van der Waals surface area (Å²) in [6.45, 7) is 9.14. The molecule has 6 heteroatoms. The number of ether oxygens (including phenoxy) is 1. The van der Waals surface area contributed by atoms with Gasteiger partial charge < -0.3 is 20.3 Å². The van der Waals surface area contributed by atoms with Gasteiger partial charge in [-0.2, -0.15) is 0 Å². The predicted octanol–water partition coefficient (Wildman–Crippen LogP) is 1.72. The van der Waals surface area contributed by atoms with Crippen molar-refractivity contribution in [3.05, 3.63) is 18.3 Å². The van der Waals surface area contributed by atoms with Crippen LogP contribution in [-0.4, -0.2) is 47.8 Å². The SMILES string of the molecule is CC(C)(C)OC(=O)N1CC2(C1)CN(c1ccc(N)nc1)C2. The lowest BCUT2D eigenvalue weighted by molar-refractivity contribution is -0.0453. The van der Waals surface area contributed by atoms with E-state index in [4.69, 9.17) is 10.5 Å². The minimum Gasteiger partial charge on any atom is -0.444 e. The maximum atomic E-state index is 11.9. The van der Waals surface area contributed by atoms with E-state index in [1.165, 1.54) is 0 Å². The van der Waals surface area contributed by atoms with Crippen molar-refractivity contribution in [2.75, 3.05) is 36.8 Å². The zero-order valence-corrected chi connectivity index (χ0v) is 12.8. The van der Waals surface area contributed by atoms with E-state index in [1.807, 2.05) is 32.9 Å². The van der Waals surface area contributed by atoms with Crippen molar-refractivity contribution in [2.24, 2.45) is 5.41 Å². The Kier molecular flexibility index (Phi) is 3.00. The first-order valence-corrected chi connectivity index (χ1v) is 7.21. The topological polar surface area (TPSA) is 71.7 Å². The highest BCUT2D eigenvalue weighted by atomic mass is 16.6. The number of hydrogen-bond donors (Lipinski definition) is 1. The average Bonchev–Trinajstić information content (AvgIpc) is 2.25. The first-order valence-electron chi connectivity index (χ1n) is 7.21. The molecule has 0 radical (unpaired) electrons. The maximum Gasteiger partial charge on any atom is 0.410 e. The second kappa shape index (κ2) is 4.51. The highest BCUT2D eigenvalue weighted by molar-refractivity contribution is 5.70. The van der Waals surface area contributed by atoms with Gasteiger partial charge in [-0.05, 0) is 32.9 Å². The lowest BCUT2D eigenvalue weighted by Crippen LogP contribution is -2.73. The van der Waals surface area contributed by atoms with Crippen LogP contribution >= 0.6 is 0 Å². The Morgan fingerprint density at radius 1 is 1.29 bits per heavy atom. The molecular weight excluding hydrogens is 268 g/mol. The summed E-state index contributed by atoms with van der Waals surface area (Å²) in [5.41, 5.74) is 6.48. The van der Waals surface area contributed by atoms with Crippen LogP contribution in [0.15, 0.2) is 18.3 Å². The Bertz CT molecular complexity index is 536. The van der Waals surface area contributed by atoms with Gasteiger partial charge in [0.25, 0.3) is 0 Å². The smallest absolute Gasteiger partial charge is 0.410 e. The highest BCUT2D eigenvalue weighted by Crippen LogP contribution is 2.42. The first kappa shape index (κ1) is 14.0. The van der Waals surface area contributed by atoms with Gasteiger partial charge in [0.2, 0.25) is 0 Å². The van der Waals surface area contributed by atoms with Crippen LogP contribution in [0.3, 0.4) is 0 Å². The van der Waals surface area contributed by atoms with E-state index in [0.717, 1.165) is 31.9 Å². The van der Waals surface area contributed by atoms with Gasteiger partial charge in [0.05, 0.1) is 11.9 Å². The Balaban J connectivity index is 1.50. The molecule has 2 N–H and O–H groups in total. The monoisotopic (exact) mass is 290 g/mol. The third-order valence-electron chi connectivity index (χ3n) is 3.89. The van der Waals surface area contributed by atoms with Crippen molar-refractivity contribution in [1.82, 2.24) is 9.88 Å². The Morgan fingerprint density at radius 3 is 2.48 bits per heavy atom. The zero-order valence-electron chi connectivity index (χ0n) is 12.8. The number of hydrogen-bond acceptors (Lipinski definition) is 5. The summed E-state index contributed by atoms with van der Waals surface area (Å²) in [5.74, 6) is 0.536. The molecule has 1 amide bonds. The Morgan fingerprint density at radius 2 is 1.95 bits per heavy atom. The van der Waals surface area contributed by atoms with Gasteiger partial charge in [-0.3, -0.25) is 0 Å². The lowest BCUT2D eigenvalue weighted by Gasteiger charge is -2.60. The number of amides is 1. The normalized spacial score (nSPS) is 20.0. The number of pyridine rings is 1. The van der Waals surface area contributed by atoms with Crippen LogP contribution in [0, 0.1) is 5.41 Å². The minimum atomic E-state index is -0.429. The number of rotatable bonds is 1. The van der Waals surface area contributed by atoms with Gasteiger partial charge in [0, 0.05) is 31.6 Å². The lowest BCUT2D eigenvalue weighted by atomic mass is 9.73. The van der Waals surface area contributed by atoms with Crippen LogP contribution in [-0.2, 0) is 4.74 Å². The van der Waals surface area contributed by atoms with E-state index in [0.29, 0.717) is 5.82 Å². The quantitative estimate of drug-likeness (QED) is 0.852. The number of nitrogen functional groups attached to an aromatic ring is 1. The van der Waals surface area contributed by atoms with Crippen molar-refractivity contribution >= 4 is 17.6 Å². The summed E-state index contributed by atoms with van der Waals surface area (Å²) in [6.07, 6.45) is 1.59. The molecule has 0 saturated carbocycles. The predicted molar refractivity (Wildman–Crippen MR) is 81.1 cm³/mol. The van der Waals surface area contributed by atoms with E-state index in [9.17, 15) is 4.79 Å². The molecule has 0 aromatic carbocycles. The third kappa shape index (κ3) is 2.75. The number of aromatic nitrogens is 1. The number of nitrogens with two attached hydrogens (primary N) is 1. The number of nitrogens with zero attached hydrogens (tertiary/aromatic N) is 3. The van der Waals surface area contributed by atoms with Gasteiger partial charge >= 0.3 is 6.09 Å². The molecule has 0 atom stereocenters. The van der Waals surface area contributed by atoms with Gasteiger partial charge in [-0.25, -0.2) is 9.78 Å². The number of likely N-dealkylation sites (tertiary alicyclic amines) is 1. The molecule has 6 nitrogen and oxygen atoms in total. The molecule has 2 aliphatic heterocycles. The van der Waals surface area contributed by atoms with Crippen molar-refractivity contribution in [3.63, 3.8) is 0 Å². The summed E-state index contributed by atoms with van der Waals surface area (Å²) < 4.78 is 5.38. The summed E-state index contributed by atoms with van der Waals surface area (Å²) in [5, 5.41) is 0. The van der Waals surface area contributed by atoms with Crippen LogP contribution < -0.4 is 10.6 Å². The summed E-state index contributed by atoms with van der Waals surface area (Å²) in [4.78, 5) is 20.1. The first-order chi connectivity index (χ1) is 9.76. The second-order valence-corrected chi connectivity index (χ2v) is 7.13. The van der Waals surface area contributed by atoms with Crippen LogP contribution in [0.1, 0.15) is 20.8 Å². The molecule has 2 fully saturated rings. The molecule has 1 aromatic rings. The van der Waals surface area contributed by atoms with Crippen molar-refractivity contribution < 1.29 is 9.53 Å². The van der Waals surface area contributed by atoms with Crippen molar-refractivity contribution in [3.8, 4) is 0 Å². The molecule has 2 saturated heterocycles. The van der Waals surface area contributed by atoms with Gasteiger partial charge in [0.15, 0.2) is 0 Å². The van der Waals surface area contributed by atoms with Crippen LogP contribution in [0.5, 0.6) is 0 Å². The van der Waals surface area contributed by atoms with Gasteiger partial charge in [0.1, 0.15) is 11.4 Å². The maximum absolute atomic E-state index is 11.9. The molecule has 0 unspecified atom stereocenters. The van der Waals surface area contributed by atoms with E-state index in [1.54, 1.807) is 11.1 Å².